The fourth-order valence-corrected chi connectivity index (χ4v) is 3.75. The second-order valence-electron chi connectivity index (χ2n) is 7.16. The Bertz CT molecular complexity index is 962. The van der Waals surface area contributed by atoms with E-state index in [-0.39, 0.29) is 5.91 Å². The van der Waals surface area contributed by atoms with Crippen molar-refractivity contribution in [1.82, 2.24) is 30.2 Å². The third-order valence-corrected chi connectivity index (χ3v) is 5.29. The Morgan fingerprint density at radius 1 is 1.28 bits per heavy atom. The summed E-state index contributed by atoms with van der Waals surface area (Å²) in [5.41, 5.74) is 4.82. The average molecular weight is 394 g/mol. The van der Waals surface area contributed by atoms with Crippen LogP contribution in [0.5, 0.6) is 5.75 Å². The van der Waals surface area contributed by atoms with Gasteiger partial charge in [0.2, 0.25) is 0 Å². The molecule has 0 aliphatic carbocycles. The first-order valence-electron chi connectivity index (χ1n) is 9.88. The van der Waals surface area contributed by atoms with Gasteiger partial charge in [-0.15, -0.1) is 0 Å². The molecule has 1 amide bonds. The molecule has 2 N–H and O–H groups in total. The van der Waals surface area contributed by atoms with Crippen LogP contribution >= 0.6 is 0 Å². The van der Waals surface area contributed by atoms with Crippen molar-refractivity contribution in [2.45, 2.75) is 39.5 Å². The normalized spacial score (nSPS) is 13.9. The van der Waals surface area contributed by atoms with Crippen LogP contribution in [0.3, 0.4) is 0 Å². The summed E-state index contributed by atoms with van der Waals surface area (Å²) in [7, 11) is 1.64. The fraction of sp³-hybridized carbons (Fsp3) is 0.381. The summed E-state index contributed by atoms with van der Waals surface area (Å²) in [4.78, 5) is 15.2. The van der Waals surface area contributed by atoms with Crippen molar-refractivity contribution in [1.29, 1.82) is 0 Å². The Balaban J connectivity index is 1.48. The Labute approximate surface area is 169 Å². The molecule has 0 saturated carbocycles. The first-order chi connectivity index (χ1) is 14.2. The maximum Gasteiger partial charge on any atom is 0.272 e. The first kappa shape index (κ1) is 19.2. The van der Waals surface area contributed by atoms with E-state index in [1.807, 2.05) is 35.0 Å². The van der Waals surface area contributed by atoms with Crippen molar-refractivity contribution < 1.29 is 9.53 Å². The maximum absolute atomic E-state index is 12.9. The van der Waals surface area contributed by atoms with Gasteiger partial charge in [-0.3, -0.25) is 19.5 Å². The number of aryl methyl sites for hydroxylation is 1. The van der Waals surface area contributed by atoms with Crippen molar-refractivity contribution in [3.8, 4) is 5.75 Å². The lowest BCUT2D eigenvalue weighted by Gasteiger charge is -2.27. The van der Waals surface area contributed by atoms with Crippen molar-refractivity contribution in [2.24, 2.45) is 0 Å². The van der Waals surface area contributed by atoms with E-state index >= 15 is 0 Å². The van der Waals surface area contributed by atoms with Gasteiger partial charge in [0.1, 0.15) is 5.75 Å². The zero-order valence-corrected chi connectivity index (χ0v) is 16.8. The van der Waals surface area contributed by atoms with Gasteiger partial charge in [0, 0.05) is 62.3 Å². The summed E-state index contributed by atoms with van der Waals surface area (Å²) in [6, 6.07) is 9.66. The highest BCUT2D eigenvalue weighted by Gasteiger charge is 2.27. The van der Waals surface area contributed by atoms with Crippen molar-refractivity contribution in [3.63, 3.8) is 0 Å². The number of ether oxygens (including phenoxy) is 1. The zero-order valence-electron chi connectivity index (χ0n) is 16.8. The third kappa shape index (κ3) is 4.17. The lowest BCUT2D eigenvalue weighted by atomic mass is 10.0. The highest BCUT2D eigenvalue weighted by Crippen LogP contribution is 2.24. The van der Waals surface area contributed by atoms with Gasteiger partial charge in [0.15, 0.2) is 5.69 Å². The highest BCUT2D eigenvalue weighted by atomic mass is 16.5. The highest BCUT2D eigenvalue weighted by molar-refractivity contribution is 5.94. The van der Waals surface area contributed by atoms with E-state index in [1.54, 1.807) is 13.3 Å². The summed E-state index contributed by atoms with van der Waals surface area (Å²) in [6.45, 7) is 5.69. The van der Waals surface area contributed by atoms with E-state index in [4.69, 9.17) is 4.74 Å². The molecule has 3 aromatic rings. The van der Waals surface area contributed by atoms with Gasteiger partial charge in [-0.25, -0.2) is 0 Å². The first-order valence-corrected chi connectivity index (χ1v) is 9.88. The van der Waals surface area contributed by atoms with Crippen molar-refractivity contribution >= 4 is 5.91 Å². The van der Waals surface area contributed by atoms with Crippen LogP contribution in [0.25, 0.3) is 0 Å². The molecule has 29 heavy (non-hydrogen) atoms. The molecule has 8 nitrogen and oxygen atoms in total. The van der Waals surface area contributed by atoms with Crippen LogP contribution in [0.2, 0.25) is 0 Å². The second kappa shape index (κ2) is 8.48. The Morgan fingerprint density at radius 3 is 2.79 bits per heavy atom. The molecule has 2 aromatic heterocycles. The van der Waals surface area contributed by atoms with Gasteiger partial charge >= 0.3 is 0 Å². The predicted molar refractivity (Wildman–Crippen MR) is 108 cm³/mol. The van der Waals surface area contributed by atoms with E-state index < -0.39 is 0 Å². The summed E-state index contributed by atoms with van der Waals surface area (Å²) < 4.78 is 7.14. The Hall–Kier alpha value is -3.13. The zero-order chi connectivity index (χ0) is 20.2. The number of carbonyl (C=O) groups excluding carboxylic acids is 1. The van der Waals surface area contributed by atoms with E-state index in [2.05, 4.69) is 32.4 Å². The number of rotatable bonds is 7. The number of hydrogen-bond donors (Lipinski definition) is 2. The molecular weight excluding hydrogens is 368 g/mol. The molecule has 0 saturated heterocycles. The second-order valence-corrected chi connectivity index (χ2v) is 7.16. The van der Waals surface area contributed by atoms with Crippen LogP contribution in [-0.2, 0) is 32.6 Å². The summed E-state index contributed by atoms with van der Waals surface area (Å²) in [5.74, 6) is 0.667. The predicted octanol–water partition coefficient (Wildman–Crippen LogP) is 2.12. The van der Waals surface area contributed by atoms with Crippen LogP contribution in [0.4, 0.5) is 0 Å². The fourth-order valence-electron chi connectivity index (χ4n) is 3.75. The van der Waals surface area contributed by atoms with E-state index in [0.29, 0.717) is 18.8 Å². The minimum atomic E-state index is -0.132. The maximum atomic E-state index is 12.9. The number of nitrogens with zero attached hydrogens (tertiary/aromatic N) is 4. The van der Waals surface area contributed by atoms with Gasteiger partial charge in [0.25, 0.3) is 5.91 Å². The number of methoxy groups -OCH3 is 1. The summed E-state index contributed by atoms with van der Waals surface area (Å²) in [5, 5.41) is 14.7. The minimum Gasteiger partial charge on any atom is -0.497 e. The van der Waals surface area contributed by atoms with Crippen LogP contribution in [0.15, 0.2) is 36.5 Å². The van der Waals surface area contributed by atoms with Crippen LogP contribution in [-0.4, -0.2) is 44.4 Å². The number of amides is 1. The minimum absolute atomic E-state index is 0.132. The van der Waals surface area contributed by atoms with Crippen molar-refractivity contribution in [2.75, 3.05) is 13.7 Å². The van der Waals surface area contributed by atoms with Gasteiger partial charge in [-0.2, -0.15) is 10.2 Å². The van der Waals surface area contributed by atoms with Crippen LogP contribution < -0.4 is 10.1 Å². The molecule has 8 heteroatoms. The van der Waals surface area contributed by atoms with E-state index in [0.717, 1.165) is 48.6 Å². The molecule has 3 heterocycles. The SMILES string of the molecule is CCn1nc(C(=O)NCc2ccc(OC)cc2)c2c1CCN(Cc1ccn[nH]1)C2. The topological polar surface area (TPSA) is 88.1 Å². The molecule has 4 rings (SSSR count). The molecule has 1 aromatic carbocycles. The molecule has 1 aliphatic rings. The summed E-state index contributed by atoms with van der Waals surface area (Å²) in [6.07, 6.45) is 2.65. The average Bonchev–Trinajstić information content (AvgIpc) is 3.39. The van der Waals surface area contributed by atoms with Crippen LogP contribution in [0.1, 0.15) is 39.9 Å². The molecular formula is C21H26N6O2. The molecule has 0 bridgehead atoms. The number of nitrogens with one attached hydrogen (secondary N) is 2. The number of benzene rings is 1. The smallest absolute Gasteiger partial charge is 0.272 e. The number of aromatic amines is 1. The van der Waals surface area contributed by atoms with Crippen LogP contribution in [0, 0.1) is 0 Å². The lowest BCUT2D eigenvalue weighted by Crippen LogP contribution is -2.32. The Morgan fingerprint density at radius 2 is 2.10 bits per heavy atom. The lowest BCUT2D eigenvalue weighted by molar-refractivity contribution is 0.0942. The van der Waals surface area contributed by atoms with Gasteiger partial charge in [-0.05, 0) is 30.7 Å². The van der Waals surface area contributed by atoms with E-state index in [1.165, 1.54) is 5.69 Å². The Kier molecular flexibility index (Phi) is 5.62. The molecule has 0 spiro atoms. The summed E-state index contributed by atoms with van der Waals surface area (Å²) >= 11 is 0. The largest absolute Gasteiger partial charge is 0.497 e. The number of H-pyrrole nitrogens is 1. The molecule has 0 unspecified atom stereocenters. The number of hydrogen-bond acceptors (Lipinski definition) is 5. The van der Waals surface area contributed by atoms with Gasteiger partial charge in [-0.1, -0.05) is 12.1 Å². The molecule has 152 valence electrons. The number of aromatic nitrogens is 4. The van der Waals surface area contributed by atoms with Gasteiger partial charge < -0.3 is 10.1 Å². The molecule has 0 atom stereocenters. The van der Waals surface area contributed by atoms with Gasteiger partial charge in [0.05, 0.1) is 7.11 Å². The number of carbonyl (C=O) groups is 1. The quantitative estimate of drug-likeness (QED) is 0.641. The monoisotopic (exact) mass is 394 g/mol. The molecule has 0 radical (unpaired) electrons. The molecule has 1 aliphatic heterocycles. The van der Waals surface area contributed by atoms with Crippen molar-refractivity contribution in [3.05, 3.63) is 64.7 Å². The third-order valence-electron chi connectivity index (χ3n) is 5.29. The molecule has 0 fully saturated rings. The number of fused-ring (bicyclic) bond motifs is 1. The standard InChI is InChI=1S/C21H26N6O2/c1-3-27-19-9-11-26(13-16-8-10-23-24-16)14-18(19)20(25-27)21(28)22-12-15-4-6-17(29-2)7-5-15/h4-8,10H,3,9,11-14H2,1-2H3,(H,22,28)(H,23,24). The van der Waals surface area contributed by atoms with E-state index in [9.17, 15) is 4.79 Å².